The minimum absolute atomic E-state index is 0.318. The second kappa shape index (κ2) is 9.24. The summed E-state index contributed by atoms with van der Waals surface area (Å²) in [6.45, 7) is 0.821. The van der Waals surface area contributed by atoms with Gasteiger partial charge in [0.05, 0.1) is 13.7 Å². The van der Waals surface area contributed by atoms with E-state index in [0.717, 1.165) is 22.6 Å². The molecule has 3 N–H and O–H groups in total. The normalized spacial score (nSPS) is 11.1. The van der Waals surface area contributed by atoms with Crippen LogP contribution in [0.15, 0.2) is 77.9 Å². The number of hydrogen-bond donors (Lipinski definition) is 2. The van der Waals surface area contributed by atoms with Crippen LogP contribution in [0.25, 0.3) is 0 Å². The van der Waals surface area contributed by atoms with Gasteiger partial charge in [-0.25, -0.2) is 9.98 Å². The van der Waals surface area contributed by atoms with Gasteiger partial charge in [0.15, 0.2) is 5.96 Å². The van der Waals surface area contributed by atoms with Gasteiger partial charge in [-0.2, -0.15) is 0 Å². The molecule has 6 heteroatoms. The van der Waals surface area contributed by atoms with Crippen molar-refractivity contribution in [1.29, 1.82) is 0 Å². The first kappa shape index (κ1) is 18.3. The summed E-state index contributed by atoms with van der Waals surface area (Å²) in [5.74, 6) is 1.66. The van der Waals surface area contributed by atoms with Crippen molar-refractivity contribution in [2.24, 2.45) is 10.7 Å². The van der Waals surface area contributed by atoms with E-state index in [4.69, 9.17) is 15.2 Å². The van der Waals surface area contributed by atoms with Crippen molar-refractivity contribution < 1.29 is 9.47 Å². The van der Waals surface area contributed by atoms with E-state index in [0.29, 0.717) is 25.0 Å². The van der Waals surface area contributed by atoms with E-state index in [1.165, 1.54) is 0 Å². The molecule has 0 aliphatic rings. The van der Waals surface area contributed by atoms with Crippen LogP contribution >= 0.6 is 0 Å². The summed E-state index contributed by atoms with van der Waals surface area (Å²) in [6.07, 6.45) is 1.70. The number of ether oxygens (including phenoxy) is 2. The van der Waals surface area contributed by atoms with Crippen LogP contribution in [-0.4, -0.2) is 18.1 Å². The number of hydrogen-bond acceptors (Lipinski definition) is 4. The van der Waals surface area contributed by atoms with Gasteiger partial charge in [-0.1, -0.05) is 36.4 Å². The predicted octanol–water partition coefficient (Wildman–Crippen LogP) is 3.60. The standard InChI is InChI=1S/C21H22N4O2/c1-26-19-11-9-18(10-12-19)25-21(22)24-14-17-8-5-13-23-20(17)27-15-16-6-3-2-4-7-16/h2-13H,14-15H2,1H3,(H3,22,24,25). The average Bonchev–Trinajstić information content (AvgIpc) is 2.72. The second-order valence-corrected chi connectivity index (χ2v) is 5.80. The van der Waals surface area contributed by atoms with Gasteiger partial charge in [-0.05, 0) is 35.9 Å². The maximum atomic E-state index is 5.99. The van der Waals surface area contributed by atoms with Crippen molar-refractivity contribution in [3.05, 3.63) is 84.1 Å². The summed E-state index contributed by atoms with van der Waals surface area (Å²) in [6, 6.07) is 21.2. The van der Waals surface area contributed by atoms with Crippen molar-refractivity contribution >= 4 is 11.6 Å². The number of nitrogens with one attached hydrogen (secondary N) is 1. The molecule has 0 saturated carbocycles. The van der Waals surface area contributed by atoms with E-state index < -0.39 is 0 Å². The fourth-order valence-corrected chi connectivity index (χ4v) is 2.43. The molecule has 138 valence electrons. The molecule has 6 nitrogen and oxygen atoms in total. The van der Waals surface area contributed by atoms with Crippen LogP contribution in [0.3, 0.4) is 0 Å². The highest BCUT2D eigenvalue weighted by Gasteiger charge is 2.05. The number of aromatic nitrogens is 1. The average molecular weight is 362 g/mol. The summed E-state index contributed by atoms with van der Waals surface area (Å²) in [5, 5.41) is 3.05. The Balaban J connectivity index is 1.61. The second-order valence-electron chi connectivity index (χ2n) is 5.80. The van der Waals surface area contributed by atoms with Crippen molar-refractivity contribution in [1.82, 2.24) is 4.98 Å². The smallest absolute Gasteiger partial charge is 0.218 e. The molecule has 0 saturated heterocycles. The van der Waals surface area contributed by atoms with Crippen LogP contribution in [0.4, 0.5) is 5.69 Å². The Morgan fingerprint density at radius 3 is 2.56 bits per heavy atom. The maximum Gasteiger partial charge on any atom is 0.218 e. The first-order valence-corrected chi connectivity index (χ1v) is 8.56. The lowest BCUT2D eigenvalue weighted by Crippen LogP contribution is -2.22. The number of pyridine rings is 1. The van der Waals surface area contributed by atoms with Crippen LogP contribution in [0.1, 0.15) is 11.1 Å². The third-order valence-electron chi connectivity index (χ3n) is 3.85. The minimum Gasteiger partial charge on any atom is -0.497 e. The van der Waals surface area contributed by atoms with Crippen molar-refractivity contribution in [2.45, 2.75) is 13.2 Å². The lowest BCUT2D eigenvalue weighted by molar-refractivity contribution is 0.290. The molecule has 0 fully saturated rings. The van der Waals surface area contributed by atoms with Gasteiger partial charge in [0.2, 0.25) is 5.88 Å². The van der Waals surface area contributed by atoms with Crippen molar-refractivity contribution in [3.8, 4) is 11.6 Å². The van der Waals surface area contributed by atoms with Gasteiger partial charge >= 0.3 is 0 Å². The molecule has 3 aromatic rings. The summed E-state index contributed by atoms with van der Waals surface area (Å²) in [7, 11) is 1.63. The Kier molecular flexibility index (Phi) is 6.25. The Morgan fingerprint density at radius 1 is 1.04 bits per heavy atom. The van der Waals surface area contributed by atoms with Gasteiger partial charge in [0.25, 0.3) is 0 Å². The largest absolute Gasteiger partial charge is 0.497 e. The molecule has 0 atom stereocenters. The quantitative estimate of drug-likeness (QED) is 0.496. The highest BCUT2D eigenvalue weighted by Crippen LogP contribution is 2.18. The fraction of sp³-hybridized carbons (Fsp3) is 0.143. The number of nitrogens with two attached hydrogens (primary N) is 1. The van der Waals surface area contributed by atoms with E-state index in [1.54, 1.807) is 13.3 Å². The third kappa shape index (κ3) is 5.47. The van der Waals surface area contributed by atoms with Gasteiger partial charge in [0.1, 0.15) is 12.4 Å². The molecule has 27 heavy (non-hydrogen) atoms. The van der Waals surface area contributed by atoms with Crippen LogP contribution in [0.2, 0.25) is 0 Å². The lowest BCUT2D eigenvalue weighted by Gasteiger charge is -2.10. The maximum absolute atomic E-state index is 5.99. The lowest BCUT2D eigenvalue weighted by atomic mass is 10.2. The molecule has 0 spiro atoms. The number of anilines is 1. The zero-order valence-corrected chi connectivity index (χ0v) is 15.1. The number of rotatable bonds is 7. The van der Waals surface area contributed by atoms with Gasteiger partial charge in [0, 0.05) is 17.4 Å². The van der Waals surface area contributed by atoms with Crippen LogP contribution in [-0.2, 0) is 13.2 Å². The molecule has 1 heterocycles. The Morgan fingerprint density at radius 2 is 1.81 bits per heavy atom. The van der Waals surface area contributed by atoms with Gasteiger partial charge in [-0.15, -0.1) is 0 Å². The SMILES string of the molecule is COc1ccc(NC(N)=NCc2cccnc2OCc2ccccc2)cc1. The van der Waals surface area contributed by atoms with Gasteiger partial charge in [-0.3, -0.25) is 0 Å². The molecular formula is C21H22N4O2. The van der Waals surface area contributed by atoms with E-state index in [2.05, 4.69) is 15.3 Å². The highest BCUT2D eigenvalue weighted by molar-refractivity contribution is 5.92. The van der Waals surface area contributed by atoms with E-state index in [9.17, 15) is 0 Å². The first-order valence-electron chi connectivity index (χ1n) is 8.56. The predicted molar refractivity (Wildman–Crippen MR) is 107 cm³/mol. The molecule has 0 aliphatic carbocycles. The minimum atomic E-state index is 0.318. The third-order valence-corrected chi connectivity index (χ3v) is 3.85. The summed E-state index contributed by atoms with van der Waals surface area (Å²) in [5.41, 5.74) is 8.77. The van der Waals surface area contributed by atoms with E-state index in [1.807, 2.05) is 66.7 Å². The molecular weight excluding hydrogens is 340 g/mol. The number of guanidine groups is 1. The molecule has 0 radical (unpaired) electrons. The Labute approximate surface area is 158 Å². The van der Waals surface area contributed by atoms with Gasteiger partial charge < -0.3 is 20.5 Å². The first-order chi connectivity index (χ1) is 13.2. The van der Waals surface area contributed by atoms with E-state index >= 15 is 0 Å². The molecule has 3 rings (SSSR count). The monoisotopic (exact) mass is 362 g/mol. The fourth-order valence-electron chi connectivity index (χ4n) is 2.43. The zero-order valence-electron chi connectivity index (χ0n) is 15.1. The van der Waals surface area contributed by atoms with Crippen molar-refractivity contribution in [3.63, 3.8) is 0 Å². The number of aliphatic imine (C=N–C) groups is 1. The molecule has 0 aliphatic heterocycles. The molecule has 2 aromatic carbocycles. The summed E-state index contributed by atoms with van der Waals surface area (Å²) < 4.78 is 11.0. The van der Waals surface area contributed by atoms with Crippen LogP contribution in [0.5, 0.6) is 11.6 Å². The molecule has 0 unspecified atom stereocenters. The number of methoxy groups -OCH3 is 1. The molecule has 0 bridgehead atoms. The highest BCUT2D eigenvalue weighted by atomic mass is 16.5. The van der Waals surface area contributed by atoms with Crippen LogP contribution in [0, 0.1) is 0 Å². The van der Waals surface area contributed by atoms with Crippen molar-refractivity contribution in [2.75, 3.05) is 12.4 Å². The van der Waals surface area contributed by atoms with Crippen LogP contribution < -0.4 is 20.5 Å². The Bertz CT molecular complexity index is 880. The topological polar surface area (TPSA) is 81.8 Å². The van der Waals surface area contributed by atoms with E-state index in [-0.39, 0.29) is 0 Å². The number of nitrogens with zero attached hydrogens (tertiary/aromatic N) is 2. The molecule has 1 aromatic heterocycles. The number of benzene rings is 2. The summed E-state index contributed by atoms with van der Waals surface area (Å²) >= 11 is 0. The molecule has 0 amide bonds. The summed E-state index contributed by atoms with van der Waals surface area (Å²) in [4.78, 5) is 8.69. The Hall–Kier alpha value is -3.54. The zero-order chi connectivity index (χ0) is 18.9.